The molecule has 3 rings (SSSR count). The second-order valence-corrected chi connectivity index (χ2v) is 12.0. The van der Waals surface area contributed by atoms with Crippen LogP contribution in [-0.2, 0) is 18.9 Å². The van der Waals surface area contributed by atoms with Crippen molar-refractivity contribution in [2.45, 2.75) is 36.2 Å². The Balaban J connectivity index is 1.23. The molecule has 0 aliphatic heterocycles. The van der Waals surface area contributed by atoms with Crippen LogP contribution in [0.4, 0.5) is 0 Å². The molecule has 0 aromatic heterocycles. The topological polar surface area (TPSA) is 36.9 Å². The molecule has 2 bridgehead atoms. The molecule has 0 aromatic carbocycles. The van der Waals surface area contributed by atoms with E-state index in [0.717, 1.165) is 70.4 Å². The molecule has 4 nitrogen and oxygen atoms in total. The fraction of sp³-hybridized carbons (Fsp3) is 1.00. The number of rotatable bonds is 18. The maximum Gasteiger partial charge on any atom is 0.0700 e. The predicted molar refractivity (Wildman–Crippen MR) is 136 cm³/mol. The maximum atomic E-state index is 5.72. The number of ether oxygens (including phenoxy) is 4. The van der Waals surface area contributed by atoms with Gasteiger partial charge in [-0.05, 0) is 49.4 Å². The van der Waals surface area contributed by atoms with Gasteiger partial charge >= 0.3 is 0 Å². The van der Waals surface area contributed by atoms with E-state index < -0.39 is 0 Å². The minimum absolute atomic E-state index is 0.692. The van der Waals surface area contributed by atoms with Crippen LogP contribution in [0.2, 0.25) is 0 Å². The summed E-state index contributed by atoms with van der Waals surface area (Å²) in [6.07, 6.45) is 5.81. The van der Waals surface area contributed by atoms with Crippen LogP contribution in [0.3, 0.4) is 0 Å². The molecule has 0 radical (unpaired) electrons. The van der Waals surface area contributed by atoms with Crippen molar-refractivity contribution in [1.82, 2.24) is 0 Å². The second kappa shape index (κ2) is 15.2. The van der Waals surface area contributed by atoms with Crippen LogP contribution in [0.15, 0.2) is 0 Å². The minimum atomic E-state index is 0.692. The first-order valence-electron chi connectivity index (χ1n) is 11.6. The summed E-state index contributed by atoms with van der Waals surface area (Å²) in [6, 6.07) is 0. The van der Waals surface area contributed by atoms with Crippen molar-refractivity contribution in [3.8, 4) is 0 Å². The predicted octanol–water partition coefficient (Wildman–Crippen LogP) is 4.18. The van der Waals surface area contributed by atoms with E-state index in [2.05, 4.69) is 48.8 Å². The Morgan fingerprint density at radius 1 is 0.600 bits per heavy atom. The van der Waals surface area contributed by atoms with Gasteiger partial charge in [0.15, 0.2) is 0 Å². The van der Waals surface area contributed by atoms with Crippen molar-refractivity contribution in [2.75, 3.05) is 75.9 Å². The van der Waals surface area contributed by atoms with Gasteiger partial charge in [0.25, 0.3) is 0 Å². The third-order valence-corrected chi connectivity index (χ3v) is 9.84. The molecule has 8 heteroatoms. The molecule has 0 heterocycles. The van der Waals surface area contributed by atoms with Gasteiger partial charge in [-0.2, -0.15) is 48.8 Å². The van der Waals surface area contributed by atoms with Gasteiger partial charge in [0.1, 0.15) is 0 Å². The average molecular weight is 497 g/mol. The first kappa shape index (κ1) is 25.9. The lowest BCUT2D eigenvalue weighted by molar-refractivity contribution is 0.0605. The standard InChI is InChI=1S/C22H40O4S4/c27-11-7-23-3-5-25-9-13-29-20-2-1-18-19-15-17(22(18)20)16-21(19)30-14-10-26-6-4-24-8-12-28/h17-22,27-28H,1-16H2. The maximum absolute atomic E-state index is 5.72. The van der Waals surface area contributed by atoms with E-state index in [1.165, 1.54) is 25.7 Å². The largest absolute Gasteiger partial charge is 0.378 e. The normalized spacial score (nSPS) is 32.2. The zero-order valence-corrected chi connectivity index (χ0v) is 21.5. The van der Waals surface area contributed by atoms with Crippen LogP contribution in [0.5, 0.6) is 0 Å². The van der Waals surface area contributed by atoms with E-state index >= 15 is 0 Å². The monoisotopic (exact) mass is 496 g/mol. The van der Waals surface area contributed by atoms with Gasteiger partial charge in [-0.3, -0.25) is 0 Å². The summed E-state index contributed by atoms with van der Waals surface area (Å²) in [5.74, 6) is 7.73. The smallest absolute Gasteiger partial charge is 0.0700 e. The van der Waals surface area contributed by atoms with Crippen molar-refractivity contribution in [1.29, 1.82) is 0 Å². The highest BCUT2D eigenvalue weighted by Gasteiger charge is 2.57. The molecule has 0 amide bonds. The zero-order valence-electron chi connectivity index (χ0n) is 18.1. The fourth-order valence-electron chi connectivity index (χ4n) is 5.68. The van der Waals surface area contributed by atoms with Gasteiger partial charge < -0.3 is 18.9 Å². The van der Waals surface area contributed by atoms with Crippen molar-refractivity contribution in [3.63, 3.8) is 0 Å². The highest BCUT2D eigenvalue weighted by molar-refractivity contribution is 8.00. The molecule has 3 aliphatic rings. The van der Waals surface area contributed by atoms with E-state index in [0.29, 0.717) is 39.6 Å². The summed E-state index contributed by atoms with van der Waals surface area (Å²) in [6.45, 7) is 5.94. The molecule has 176 valence electrons. The van der Waals surface area contributed by atoms with Crippen LogP contribution in [0.25, 0.3) is 0 Å². The molecule has 0 N–H and O–H groups in total. The molecule has 0 spiro atoms. The molecular weight excluding hydrogens is 457 g/mol. The summed E-state index contributed by atoms with van der Waals surface area (Å²) in [5.41, 5.74) is 0. The van der Waals surface area contributed by atoms with Gasteiger partial charge in [0.2, 0.25) is 0 Å². The molecule has 3 saturated carbocycles. The first-order chi connectivity index (χ1) is 14.8. The second-order valence-electron chi connectivity index (χ2n) is 8.43. The van der Waals surface area contributed by atoms with Crippen molar-refractivity contribution >= 4 is 48.8 Å². The van der Waals surface area contributed by atoms with Crippen molar-refractivity contribution in [3.05, 3.63) is 0 Å². The van der Waals surface area contributed by atoms with Gasteiger partial charge in [-0.25, -0.2) is 0 Å². The lowest BCUT2D eigenvalue weighted by Gasteiger charge is -2.33. The SMILES string of the molecule is SCCOCCOCCSC1CC2CC1C1CCC(SCCOCCOCCS)C21. The Bertz CT molecular complexity index is 459. The molecular formula is C22H40O4S4. The minimum Gasteiger partial charge on any atom is -0.378 e. The number of thiol groups is 2. The number of thioether (sulfide) groups is 2. The lowest BCUT2D eigenvalue weighted by atomic mass is 9.81. The quantitative estimate of drug-likeness (QED) is 0.219. The Hall–Kier alpha value is 1.24. The molecule has 0 saturated heterocycles. The van der Waals surface area contributed by atoms with Crippen LogP contribution in [0.1, 0.15) is 25.7 Å². The van der Waals surface area contributed by atoms with Gasteiger partial charge in [0, 0.05) is 33.5 Å². The summed E-state index contributed by atoms with van der Waals surface area (Å²) < 4.78 is 22.2. The molecule has 6 unspecified atom stereocenters. The van der Waals surface area contributed by atoms with E-state index in [4.69, 9.17) is 18.9 Å². The number of fused-ring (bicyclic) bond motifs is 5. The van der Waals surface area contributed by atoms with E-state index in [1.807, 2.05) is 0 Å². The van der Waals surface area contributed by atoms with Gasteiger partial charge in [-0.1, -0.05) is 0 Å². The molecule has 0 aromatic rings. The summed E-state index contributed by atoms with van der Waals surface area (Å²) >= 11 is 12.6. The van der Waals surface area contributed by atoms with E-state index in [-0.39, 0.29) is 0 Å². The van der Waals surface area contributed by atoms with Crippen molar-refractivity contribution in [2.24, 2.45) is 23.7 Å². The van der Waals surface area contributed by atoms with Crippen LogP contribution < -0.4 is 0 Å². The van der Waals surface area contributed by atoms with E-state index in [9.17, 15) is 0 Å². The molecule has 3 fully saturated rings. The third-order valence-electron chi connectivity index (χ3n) is 6.72. The van der Waals surface area contributed by atoms with Crippen LogP contribution in [-0.4, -0.2) is 86.4 Å². The number of hydrogen-bond donors (Lipinski definition) is 2. The highest BCUT2D eigenvalue weighted by Crippen LogP contribution is 2.63. The Morgan fingerprint density at radius 2 is 1.17 bits per heavy atom. The Kier molecular flexibility index (Phi) is 13.1. The lowest BCUT2D eigenvalue weighted by Crippen LogP contribution is -2.30. The van der Waals surface area contributed by atoms with Crippen LogP contribution >= 0.6 is 48.8 Å². The summed E-state index contributed by atoms with van der Waals surface area (Å²) in [5, 5.41) is 1.75. The Morgan fingerprint density at radius 3 is 1.77 bits per heavy atom. The molecule has 30 heavy (non-hydrogen) atoms. The molecule has 6 atom stereocenters. The van der Waals surface area contributed by atoms with Crippen LogP contribution in [0, 0.1) is 23.7 Å². The average Bonchev–Trinajstić information content (AvgIpc) is 3.45. The van der Waals surface area contributed by atoms with Crippen molar-refractivity contribution < 1.29 is 18.9 Å². The summed E-state index contributed by atoms with van der Waals surface area (Å²) in [4.78, 5) is 0. The first-order valence-corrected chi connectivity index (χ1v) is 15.0. The zero-order chi connectivity index (χ0) is 21.0. The number of hydrogen-bond acceptors (Lipinski definition) is 8. The van der Waals surface area contributed by atoms with Gasteiger partial charge in [0.05, 0.1) is 52.9 Å². The van der Waals surface area contributed by atoms with Gasteiger partial charge in [-0.15, -0.1) is 0 Å². The third kappa shape index (κ3) is 7.93. The highest BCUT2D eigenvalue weighted by atomic mass is 32.2. The summed E-state index contributed by atoms with van der Waals surface area (Å²) in [7, 11) is 0. The van der Waals surface area contributed by atoms with E-state index in [1.54, 1.807) is 0 Å². The Labute approximate surface area is 202 Å². The molecule has 3 aliphatic carbocycles. The fourth-order valence-corrected chi connectivity index (χ4v) is 8.87.